The molecule has 0 saturated carbocycles. The second kappa shape index (κ2) is 18.7. The van der Waals surface area contributed by atoms with Crippen LogP contribution in [0, 0.1) is 0 Å². The fourth-order valence-corrected chi connectivity index (χ4v) is 11.1. The van der Waals surface area contributed by atoms with Gasteiger partial charge in [-0.2, -0.15) is 0 Å². The van der Waals surface area contributed by atoms with Gasteiger partial charge in [0.05, 0.1) is 28.1 Å². The van der Waals surface area contributed by atoms with Crippen LogP contribution in [0.1, 0.15) is 52.7 Å². The van der Waals surface area contributed by atoms with Crippen LogP contribution in [0.4, 0.5) is 17.1 Å². The molecule has 0 atom stereocenters. The summed E-state index contributed by atoms with van der Waals surface area (Å²) in [7, 11) is 0. The lowest BCUT2D eigenvalue weighted by Gasteiger charge is -2.32. The van der Waals surface area contributed by atoms with Gasteiger partial charge in [0.15, 0.2) is 0 Å². The third kappa shape index (κ3) is 8.37. The first-order valence-corrected chi connectivity index (χ1v) is 26.0. The lowest BCUT2D eigenvalue weighted by Crippen LogP contribution is -2.16. The smallest absolute Gasteiger partial charge is 0.0547 e. The number of benzene rings is 11. The molecule has 0 aliphatic carbocycles. The van der Waals surface area contributed by atoms with Crippen molar-refractivity contribution in [3.05, 3.63) is 266 Å². The molecular weight excluding hydrogens is 893 g/mol. The van der Waals surface area contributed by atoms with E-state index in [0.29, 0.717) is 0 Å². The highest BCUT2D eigenvalue weighted by Crippen LogP contribution is 2.51. The summed E-state index contributed by atoms with van der Waals surface area (Å²) in [5.41, 5.74) is 21.1. The Labute approximate surface area is 436 Å². The molecular formula is C72H60N2. The van der Waals surface area contributed by atoms with Crippen molar-refractivity contribution in [3.63, 3.8) is 0 Å². The molecule has 358 valence electrons. The zero-order chi connectivity index (χ0) is 50.6. The highest BCUT2D eigenvalue weighted by Gasteiger charge is 2.27. The Bertz CT molecular complexity index is 3980. The zero-order valence-corrected chi connectivity index (χ0v) is 43.1. The monoisotopic (exact) mass is 952 g/mol. The molecule has 0 spiro atoms. The van der Waals surface area contributed by atoms with Crippen LogP contribution in [0.3, 0.4) is 0 Å². The Hall–Kier alpha value is -8.72. The molecule has 0 unspecified atom stereocenters. The van der Waals surface area contributed by atoms with Crippen molar-refractivity contribution < 1.29 is 0 Å². The fourth-order valence-electron chi connectivity index (χ4n) is 11.1. The van der Waals surface area contributed by atoms with Crippen molar-refractivity contribution >= 4 is 49.6 Å². The molecule has 1 aromatic heterocycles. The van der Waals surface area contributed by atoms with E-state index in [1.807, 2.05) is 0 Å². The molecule has 0 radical (unpaired) electrons. The predicted octanol–water partition coefficient (Wildman–Crippen LogP) is 20.3. The van der Waals surface area contributed by atoms with E-state index in [4.69, 9.17) is 0 Å². The maximum atomic E-state index is 2.55. The molecule has 2 nitrogen and oxygen atoms in total. The highest BCUT2D eigenvalue weighted by atomic mass is 15.2. The van der Waals surface area contributed by atoms with E-state index in [-0.39, 0.29) is 10.8 Å². The van der Waals surface area contributed by atoms with Gasteiger partial charge >= 0.3 is 0 Å². The normalized spacial score (nSPS) is 11.9. The number of rotatable bonds is 9. The van der Waals surface area contributed by atoms with Crippen LogP contribution in [0.2, 0.25) is 0 Å². The largest absolute Gasteiger partial charge is 0.309 e. The number of hydrogen-bond donors (Lipinski definition) is 0. The summed E-state index contributed by atoms with van der Waals surface area (Å²) < 4.78 is 2.42. The van der Waals surface area contributed by atoms with E-state index in [2.05, 4.69) is 306 Å². The Balaban J connectivity index is 1.16. The minimum absolute atomic E-state index is 0.0305. The first kappa shape index (κ1) is 46.4. The molecule has 0 amide bonds. The van der Waals surface area contributed by atoms with Gasteiger partial charge in [0.25, 0.3) is 0 Å². The summed E-state index contributed by atoms with van der Waals surface area (Å²) in [5.74, 6) is 0. The highest BCUT2D eigenvalue weighted by molar-refractivity contribution is 6.17. The zero-order valence-electron chi connectivity index (χ0n) is 43.1. The molecule has 0 bridgehead atoms. The van der Waals surface area contributed by atoms with Crippen molar-refractivity contribution in [1.82, 2.24) is 4.57 Å². The molecule has 2 heteroatoms. The number of nitrogens with zero attached hydrogens (tertiary/aromatic N) is 2. The van der Waals surface area contributed by atoms with Gasteiger partial charge in [0.2, 0.25) is 0 Å². The molecule has 1 heterocycles. The van der Waals surface area contributed by atoms with E-state index in [0.717, 1.165) is 45.0 Å². The fraction of sp³-hybridized carbons (Fsp3) is 0.111. The second-order valence-corrected chi connectivity index (χ2v) is 21.7. The van der Waals surface area contributed by atoms with E-state index in [1.165, 1.54) is 77.1 Å². The molecule has 0 fully saturated rings. The topological polar surface area (TPSA) is 8.17 Å². The molecule has 74 heavy (non-hydrogen) atoms. The van der Waals surface area contributed by atoms with Gasteiger partial charge in [-0.3, -0.25) is 0 Å². The Morgan fingerprint density at radius 2 is 0.770 bits per heavy atom. The Morgan fingerprint density at radius 1 is 0.297 bits per heavy atom. The van der Waals surface area contributed by atoms with E-state index < -0.39 is 0 Å². The third-order valence-corrected chi connectivity index (χ3v) is 14.9. The van der Waals surface area contributed by atoms with E-state index in [9.17, 15) is 0 Å². The lowest BCUT2D eigenvalue weighted by atomic mass is 9.78. The standard InChI is InChI=1S/C72H60N2/c1-71(2,3)54-45-53(46-55(48-54)72(4,5)6)57-36-22-29-51-30-23-37-60(69(51)57)58-33-16-19-39-64(58)74(67-44-43-52(49-25-10-7-11-26-49)47-63(67)50-27-12-8-13-28-50)65-40-20-17-34-59(65)61-38-24-42-68-70(61)62-35-18-21-41-66(62)73(68)56-31-14-9-15-32-56/h7-48H,1-6H3. The van der Waals surface area contributed by atoms with Crippen LogP contribution in [-0.2, 0) is 10.8 Å². The first-order valence-electron chi connectivity index (χ1n) is 26.0. The summed E-state index contributed by atoms with van der Waals surface area (Å²) in [6.45, 7) is 14.0. The average molecular weight is 953 g/mol. The number of fused-ring (bicyclic) bond motifs is 4. The quantitative estimate of drug-likeness (QED) is 0.140. The summed E-state index contributed by atoms with van der Waals surface area (Å²) in [6.07, 6.45) is 0. The number of hydrogen-bond acceptors (Lipinski definition) is 1. The number of anilines is 3. The van der Waals surface area contributed by atoms with Gasteiger partial charge in [-0.1, -0.05) is 248 Å². The molecule has 0 aliphatic rings. The van der Waals surface area contributed by atoms with Gasteiger partial charge in [-0.05, 0) is 120 Å². The van der Waals surface area contributed by atoms with Crippen molar-refractivity contribution in [1.29, 1.82) is 0 Å². The summed E-state index contributed by atoms with van der Waals surface area (Å²) in [6, 6.07) is 94.2. The number of aromatic nitrogens is 1. The number of para-hydroxylation sites is 4. The average Bonchev–Trinajstić information content (AvgIpc) is 3.79. The molecule has 12 rings (SSSR count). The third-order valence-electron chi connectivity index (χ3n) is 14.9. The Morgan fingerprint density at radius 3 is 1.39 bits per heavy atom. The van der Waals surface area contributed by atoms with E-state index >= 15 is 0 Å². The summed E-state index contributed by atoms with van der Waals surface area (Å²) in [5, 5.41) is 4.89. The van der Waals surface area contributed by atoms with Crippen molar-refractivity contribution in [3.8, 4) is 61.3 Å². The van der Waals surface area contributed by atoms with Crippen LogP contribution < -0.4 is 4.90 Å². The van der Waals surface area contributed by atoms with Gasteiger partial charge in [0, 0.05) is 33.2 Å². The summed E-state index contributed by atoms with van der Waals surface area (Å²) in [4.78, 5) is 2.55. The molecule has 12 aromatic rings. The van der Waals surface area contributed by atoms with Gasteiger partial charge in [-0.25, -0.2) is 0 Å². The molecule has 0 aliphatic heterocycles. The maximum Gasteiger partial charge on any atom is 0.0547 e. The minimum atomic E-state index is -0.0305. The van der Waals surface area contributed by atoms with Crippen LogP contribution in [0.5, 0.6) is 0 Å². The van der Waals surface area contributed by atoms with Crippen LogP contribution >= 0.6 is 0 Å². The maximum absolute atomic E-state index is 2.55. The van der Waals surface area contributed by atoms with Gasteiger partial charge < -0.3 is 9.47 Å². The van der Waals surface area contributed by atoms with Gasteiger partial charge in [0.1, 0.15) is 0 Å². The lowest BCUT2D eigenvalue weighted by molar-refractivity contribution is 0.569. The molecule has 0 N–H and O–H groups in total. The van der Waals surface area contributed by atoms with Gasteiger partial charge in [-0.15, -0.1) is 0 Å². The summed E-state index contributed by atoms with van der Waals surface area (Å²) >= 11 is 0. The van der Waals surface area contributed by atoms with Crippen molar-refractivity contribution in [2.75, 3.05) is 4.90 Å². The predicted molar refractivity (Wildman–Crippen MR) is 318 cm³/mol. The van der Waals surface area contributed by atoms with Crippen LogP contribution in [0.15, 0.2) is 255 Å². The Kier molecular flexibility index (Phi) is 11.7. The second-order valence-electron chi connectivity index (χ2n) is 21.7. The van der Waals surface area contributed by atoms with Crippen LogP contribution in [0.25, 0.3) is 93.9 Å². The SMILES string of the molecule is CC(C)(C)c1cc(-c2cccc3cccc(-c4ccccc4N(c4ccc(-c5ccccc5)cc4-c4ccccc4)c4ccccc4-c4cccc5c4c4ccccc4n5-c4ccccc4)c23)cc(C(C)(C)C)c1. The van der Waals surface area contributed by atoms with Crippen molar-refractivity contribution in [2.24, 2.45) is 0 Å². The molecule has 11 aromatic carbocycles. The minimum Gasteiger partial charge on any atom is -0.309 e. The van der Waals surface area contributed by atoms with Crippen molar-refractivity contribution in [2.45, 2.75) is 52.4 Å². The van der Waals surface area contributed by atoms with E-state index in [1.54, 1.807) is 0 Å². The molecule has 0 saturated heterocycles. The van der Waals surface area contributed by atoms with Crippen LogP contribution in [-0.4, -0.2) is 4.57 Å². The first-order chi connectivity index (χ1) is 36.0.